The maximum atomic E-state index is 4.70. The number of fused-ring (bicyclic) bond motifs is 2. The molecule has 1 aliphatic rings. The Morgan fingerprint density at radius 2 is 2.00 bits per heavy atom. The first-order valence-corrected chi connectivity index (χ1v) is 8.78. The summed E-state index contributed by atoms with van der Waals surface area (Å²) in [4.78, 5) is 4.70. The van der Waals surface area contributed by atoms with E-state index in [0.717, 1.165) is 28.0 Å². The molecule has 1 aromatic heterocycles. The van der Waals surface area contributed by atoms with Crippen molar-refractivity contribution in [3.63, 3.8) is 0 Å². The smallest absolute Gasteiger partial charge is 0.184 e. The number of rotatable bonds is 2. The van der Waals surface area contributed by atoms with Crippen LogP contribution in [0.25, 0.3) is 10.2 Å². The molecule has 0 saturated heterocycles. The molecule has 0 aliphatic heterocycles. The van der Waals surface area contributed by atoms with E-state index in [0.29, 0.717) is 6.04 Å². The largest absolute Gasteiger partial charge is 0.358 e. The number of halogens is 1. The fourth-order valence-electron chi connectivity index (χ4n) is 2.96. The third-order valence-electron chi connectivity index (χ3n) is 4.02. The van der Waals surface area contributed by atoms with E-state index in [1.54, 1.807) is 11.3 Å². The van der Waals surface area contributed by atoms with E-state index in [1.807, 2.05) is 0 Å². The van der Waals surface area contributed by atoms with E-state index in [1.165, 1.54) is 22.2 Å². The Kier molecular flexibility index (Phi) is 3.43. The second-order valence-electron chi connectivity index (χ2n) is 5.48. The average Bonchev–Trinajstić information content (AvgIpc) is 2.88. The molecule has 0 fully saturated rings. The Hall–Kier alpha value is -1.39. The van der Waals surface area contributed by atoms with Crippen LogP contribution in [-0.2, 0) is 12.8 Å². The summed E-state index contributed by atoms with van der Waals surface area (Å²) in [6.45, 7) is 0. The number of aromatic nitrogens is 1. The zero-order valence-electron chi connectivity index (χ0n) is 11.5. The molecule has 0 bridgehead atoms. The molecule has 1 atom stereocenters. The topological polar surface area (TPSA) is 24.9 Å². The molecule has 106 valence electrons. The van der Waals surface area contributed by atoms with Gasteiger partial charge in [0, 0.05) is 10.5 Å². The van der Waals surface area contributed by atoms with Crippen LogP contribution in [0, 0.1) is 0 Å². The van der Waals surface area contributed by atoms with E-state index in [4.69, 9.17) is 4.98 Å². The van der Waals surface area contributed by atoms with E-state index in [2.05, 4.69) is 63.7 Å². The fourth-order valence-corrected chi connectivity index (χ4v) is 4.23. The number of benzene rings is 2. The lowest BCUT2D eigenvalue weighted by molar-refractivity contribution is 0.610. The van der Waals surface area contributed by atoms with Crippen molar-refractivity contribution in [3.05, 3.63) is 58.1 Å². The van der Waals surface area contributed by atoms with Crippen LogP contribution in [0.2, 0.25) is 0 Å². The minimum absolute atomic E-state index is 0.490. The van der Waals surface area contributed by atoms with Crippen LogP contribution in [0.3, 0.4) is 0 Å². The van der Waals surface area contributed by atoms with E-state index >= 15 is 0 Å². The van der Waals surface area contributed by atoms with Gasteiger partial charge in [-0.2, -0.15) is 0 Å². The van der Waals surface area contributed by atoms with Gasteiger partial charge in [-0.15, -0.1) is 0 Å². The van der Waals surface area contributed by atoms with Crippen LogP contribution in [0.5, 0.6) is 0 Å². The maximum absolute atomic E-state index is 4.70. The maximum Gasteiger partial charge on any atom is 0.184 e. The minimum atomic E-state index is 0.490. The molecule has 0 radical (unpaired) electrons. The van der Waals surface area contributed by atoms with Gasteiger partial charge in [-0.3, -0.25) is 0 Å². The van der Waals surface area contributed by atoms with Crippen LogP contribution in [0.15, 0.2) is 46.9 Å². The van der Waals surface area contributed by atoms with Gasteiger partial charge < -0.3 is 5.32 Å². The van der Waals surface area contributed by atoms with Gasteiger partial charge in [0.1, 0.15) is 0 Å². The van der Waals surface area contributed by atoms with Gasteiger partial charge >= 0.3 is 0 Å². The number of nitrogens with one attached hydrogen (secondary N) is 1. The molecule has 2 aromatic carbocycles. The van der Waals surface area contributed by atoms with E-state index < -0.39 is 0 Å². The van der Waals surface area contributed by atoms with Gasteiger partial charge in [0.15, 0.2) is 5.13 Å². The van der Waals surface area contributed by atoms with Crippen molar-refractivity contribution in [2.45, 2.75) is 25.3 Å². The zero-order valence-corrected chi connectivity index (χ0v) is 13.9. The Balaban J connectivity index is 1.55. The number of anilines is 1. The molecule has 21 heavy (non-hydrogen) atoms. The first-order valence-electron chi connectivity index (χ1n) is 7.17. The van der Waals surface area contributed by atoms with Gasteiger partial charge in [-0.1, -0.05) is 51.5 Å². The molecular formula is C17H15BrN2S. The number of aryl methyl sites for hydroxylation is 1. The highest BCUT2D eigenvalue weighted by atomic mass is 79.9. The molecule has 4 rings (SSSR count). The highest BCUT2D eigenvalue weighted by Gasteiger charge is 2.19. The molecular weight excluding hydrogens is 344 g/mol. The van der Waals surface area contributed by atoms with E-state index in [9.17, 15) is 0 Å². The fraction of sp³-hybridized carbons (Fsp3) is 0.235. The molecule has 4 heteroatoms. The lowest BCUT2D eigenvalue weighted by Gasteiger charge is -2.25. The van der Waals surface area contributed by atoms with Crippen LogP contribution >= 0.6 is 27.3 Å². The number of thiazole rings is 1. The molecule has 1 aliphatic carbocycles. The van der Waals surface area contributed by atoms with E-state index in [-0.39, 0.29) is 0 Å². The standard InChI is InChI=1S/C17H15BrN2S/c18-13-6-8-16-15(10-13)20-17(21-16)19-14-7-5-11-3-1-2-4-12(11)9-14/h1-4,6,8,10,14H,5,7,9H2,(H,19,20). The normalized spacial score (nSPS) is 17.7. The van der Waals surface area contributed by atoms with Crippen molar-refractivity contribution < 1.29 is 0 Å². The quantitative estimate of drug-likeness (QED) is 0.694. The van der Waals surface area contributed by atoms with Crippen molar-refractivity contribution in [1.29, 1.82) is 0 Å². The number of hydrogen-bond donors (Lipinski definition) is 1. The number of nitrogens with zero attached hydrogens (tertiary/aromatic N) is 1. The monoisotopic (exact) mass is 358 g/mol. The van der Waals surface area contributed by atoms with Gasteiger partial charge in [-0.25, -0.2) is 4.98 Å². The summed E-state index contributed by atoms with van der Waals surface area (Å²) in [5, 5.41) is 4.66. The summed E-state index contributed by atoms with van der Waals surface area (Å²) in [5.41, 5.74) is 4.04. The first kappa shape index (κ1) is 13.3. The summed E-state index contributed by atoms with van der Waals surface area (Å²) < 4.78 is 2.32. The third kappa shape index (κ3) is 2.70. The van der Waals surface area contributed by atoms with Crippen molar-refractivity contribution in [2.75, 3.05) is 5.32 Å². The highest BCUT2D eigenvalue weighted by Crippen LogP contribution is 2.30. The summed E-state index contributed by atoms with van der Waals surface area (Å²) in [5.74, 6) is 0. The summed E-state index contributed by atoms with van der Waals surface area (Å²) >= 11 is 5.24. The van der Waals surface area contributed by atoms with Gasteiger partial charge in [0.2, 0.25) is 0 Å². The van der Waals surface area contributed by atoms with Crippen LogP contribution in [0.1, 0.15) is 17.5 Å². The Morgan fingerprint density at radius 1 is 1.14 bits per heavy atom. The zero-order chi connectivity index (χ0) is 14.2. The highest BCUT2D eigenvalue weighted by molar-refractivity contribution is 9.10. The molecule has 0 saturated carbocycles. The molecule has 1 unspecified atom stereocenters. The average molecular weight is 359 g/mol. The SMILES string of the molecule is Brc1ccc2sc(NC3CCc4ccccc4C3)nc2c1. The lowest BCUT2D eigenvalue weighted by Crippen LogP contribution is -2.27. The summed E-state index contributed by atoms with van der Waals surface area (Å²) in [6.07, 6.45) is 3.43. The van der Waals surface area contributed by atoms with Crippen LogP contribution in [-0.4, -0.2) is 11.0 Å². The predicted octanol–water partition coefficient (Wildman–Crippen LogP) is 5.03. The predicted molar refractivity (Wildman–Crippen MR) is 93.2 cm³/mol. The van der Waals surface area contributed by atoms with Gasteiger partial charge in [-0.05, 0) is 48.6 Å². The molecule has 3 aromatic rings. The molecule has 1 N–H and O–H groups in total. The number of hydrogen-bond acceptors (Lipinski definition) is 3. The van der Waals surface area contributed by atoms with Crippen molar-refractivity contribution in [3.8, 4) is 0 Å². The van der Waals surface area contributed by atoms with Gasteiger partial charge in [0.05, 0.1) is 10.2 Å². The second kappa shape index (κ2) is 5.43. The van der Waals surface area contributed by atoms with Crippen LogP contribution in [0.4, 0.5) is 5.13 Å². The minimum Gasteiger partial charge on any atom is -0.358 e. The van der Waals surface area contributed by atoms with Crippen molar-refractivity contribution in [1.82, 2.24) is 4.98 Å². The molecule has 0 spiro atoms. The summed E-state index contributed by atoms with van der Waals surface area (Å²) in [6, 6.07) is 15.5. The second-order valence-corrected chi connectivity index (χ2v) is 7.43. The molecule has 0 amide bonds. The Labute approximate surface area is 136 Å². The molecule has 2 nitrogen and oxygen atoms in total. The summed E-state index contributed by atoms with van der Waals surface area (Å²) in [7, 11) is 0. The van der Waals surface area contributed by atoms with Crippen molar-refractivity contribution >= 4 is 42.6 Å². The van der Waals surface area contributed by atoms with Crippen molar-refractivity contribution in [2.24, 2.45) is 0 Å². The Bertz CT molecular complexity index is 796. The van der Waals surface area contributed by atoms with Gasteiger partial charge in [0.25, 0.3) is 0 Å². The lowest BCUT2D eigenvalue weighted by atomic mass is 9.88. The Morgan fingerprint density at radius 3 is 2.90 bits per heavy atom. The van der Waals surface area contributed by atoms with Crippen LogP contribution < -0.4 is 5.32 Å². The third-order valence-corrected chi connectivity index (χ3v) is 5.48. The first-order chi connectivity index (χ1) is 10.3. The molecule has 1 heterocycles.